The number of nitro benzene ring substituents is 1. The molecule has 0 saturated carbocycles. The van der Waals surface area contributed by atoms with Gasteiger partial charge in [0.2, 0.25) is 5.95 Å². The number of aromatic nitrogens is 2. The largest absolute Gasteiger partial charge is 0.341 e. The van der Waals surface area contributed by atoms with Gasteiger partial charge in [0.15, 0.2) is 0 Å². The molecule has 0 N–H and O–H groups in total. The van der Waals surface area contributed by atoms with Crippen molar-refractivity contribution in [3.8, 4) is 11.3 Å². The minimum absolute atomic E-state index is 0.0829. The summed E-state index contributed by atoms with van der Waals surface area (Å²) in [5.74, 6) is 0.745. The van der Waals surface area contributed by atoms with Gasteiger partial charge in [-0.05, 0) is 50.5 Å². The van der Waals surface area contributed by atoms with E-state index in [2.05, 4.69) is 17.0 Å². The number of hydrogen-bond donors (Lipinski definition) is 0. The van der Waals surface area contributed by atoms with Crippen LogP contribution in [-0.2, 0) is 0 Å². The summed E-state index contributed by atoms with van der Waals surface area (Å²) in [4.78, 5) is 22.4. The first-order valence-electron chi connectivity index (χ1n) is 8.90. The Bertz CT molecular complexity index is 963. The third-order valence-electron chi connectivity index (χ3n) is 4.83. The Balaban J connectivity index is 1.87. The third-order valence-corrected chi connectivity index (χ3v) is 4.83. The number of rotatable bonds is 3. The Morgan fingerprint density at radius 3 is 2.42 bits per heavy atom. The molecule has 132 valence electrons. The molecule has 0 bridgehead atoms. The normalized spacial score (nSPS) is 14.6. The average Bonchev–Trinajstić information content (AvgIpc) is 2.68. The lowest BCUT2D eigenvalue weighted by Crippen LogP contribution is -2.31. The van der Waals surface area contributed by atoms with Crippen LogP contribution in [0.25, 0.3) is 22.2 Å². The van der Waals surface area contributed by atoms with Crippen LogP contribution in [0.1, 0.15) is 24.8 Å². The van der Waals surface area contributed by atoms with Crippen LogP contribution < -0.4 is 4.90 Å². The summed E-state index contributed by atoms with van der Waals surface area (Å²) in [5, 5.41) is 11.9. The van der Waals surface area contributed by atoms with Crippen LogP contribution in [0.2, 0.25) is 0 Å². The van der Waals surface area contributed by atoms with Crippen molar-refractivity contribution in [1.29, 1.82) is 0 Å². The van der Waals surface area contributed by atoms with Crippen LogP contribution in [-0.4, -0.2) is 28.0 Å². The fraction of sp³-hybridized carbons (Fsp3) is 0.300. The Hall–Kier alpha value is -3.02. The van der Waals surface area contributed by atoms with Crippen molar-refractivity contribution in [2.45, 2.75) is 26.2 Å². The summed E-state index contributed by atoms with van der Waals surface area (Å²) in [6.07, 6.45) is 3.56. The van der Waals surface area contributed by atoms with Gasteiger partial charge >= 0.3 is 0 Å². The minimum atomic E-state index is -0.384. The SMILES string of the molecule is Cc1ccc2nc(N3CCCCC3)nc(-c3ccc([N+](=O)[O-])cc3)c2c1. The third kappa shape index (κ3) is 3.10. The van der Waals surface area contributed by atoms with Crippen LogP contribution in [0.4, 0.5) is 11.6 Å². The molecule has 6 heteroatoms. The van der Waals surface area contributed by atoms with Crippen LogP contribution in [0.5, 0.6) is 0 Å². The minimum Gasteiger partial charge on any atom is -0.341 e. The maximum atomic E-state index is 10.9. The smallest absolute Gasteiger partial charge is 0.269 e. The molecule has 0 spiro atoms. The summed E-state index contributed by atoms with van der Waals surface area (Å²) in [7, 11) is 0. The maximum absolute atomic E-state index is 10.9. The maximum Gasteiger partial charge on any atom is 0.269 e. The average molecular weight is 348 g/mol. The molecule has 0 amide bonds. The molecule has 6 nitrogen and oxygen atoms in total. The molecule has 4 rings (SSSR count). The van der Waals surface area contributed by atoms with Gasteiger partial charge < -0.3 is 4.90 Å². The van der Waals surface area contributed by atoms with Crippen molar-refractivity contribution in [1.82, 2.24) is 9.97 Å². The first-order valence-corrected chi connectivity index (χ1v) is 8.90. The van der Waals surface area contributed by atoms with Gasteiger partial charge in [0.1, 0.15) is 0 Å². The van der Waals surface area contributed by atoms with E-state index >= 15 is 0 Å². The summed E-state index contributed by atoms with van der Waals surface area (Å²) in [6, 6.07) is 12.7. The number of benzene rings is 2. The lowest BCUT2D eigenvalue weighted by Gasteiger charge is -2.27. The molecule has 1 aromatic heterocycles. The monoisotopic (exact) mass is 348 g/mol. The van der Waals surface area contributed by atoms with E-state index in [1.54, 1.807) is 12.1 Å². The highest BCUT2D eigenvalue weighted by Gasteiger charge is 2.17. The molecular formula is C20H20N4O2. The van der Waals surface area contributed by atoms with Crippen molar-refractivity contribution >= 4 is 22.5 Å². The predicted molar refractivity (Wildman–Crippen MR) is 102 cm³/mol. The first-order chi connectivity index (χ1) is 12.6. The molecule has 3 aromatic rings. The topological polar surface area (TPSA) is 72.2 Å². The number of piperidine rings is 1. The molecule has 0 unspecified atom stereocenters. The Morgan fingerprint density at radius 1 is 1.00 bits per heavy atom. The highest BCUT2D eigenvalue weighted by molar-refractivity contribution is 5.93. The van der Waals surface area contributed by atoms with Gasteiger partial charge in [-0.3, -0.25) is 10.1 Å². The van der Waals surface area contributed by atoms with Crippen LogP contribution >= 0.6 is 0 Å². The highest BCUT2D eigenvalue weighted by atomic mass is 16.6. The van der Waals surface area contributed by atoms with Gasteiger partial charge in [0, 0.05) is 36.2 Å². The quantitative estimate of drug-likeness (QED) is 0.514. The number of anilines is 1. The molecule has 0 radical (unpaired) electrons. The summed E-state index contributed by atoms with van der Waals surface area (Å²) in [5.41, 5.74) is 3.81. The number of fused-ring (bicyclic) bond motifs is 1. The van der Waals surface area contributed by atoms with Crippen molar-refractivity contribution in [3.05, 3.63) is 58.1 Å². The van der Waals surface area contributed by atoms with E-state index in [4.69, 9.17) is 9.97 Å². The molecule has 1 aliphatic rings. The van der Waals surface area contributed by atoms with Crippen molar-refractivity contribution < 1.29 is 4.92 Å². The fourth-order valence-corrected chi connectivity index (χ4v) is 3.43. The second-order valence-corrected chi connectivity index (χ2v) is 6.74. The molecular weight excluding hydrogens is 328 g/mol. The highest BCUT2D eigenvalue weighted by Crippen LogP contribution is 2.30. The zero-order chi connectivity index (χ0) is 18.1. The van der Waals surface area contributed by atoms with E-state index in [9.17, 15) is 10.1 Å². The number of aryl methyl sites for hydroxylation is 1. The zero-order valence-electron chi connectivity index (χ0n) is 14.7. The number of nitrogens with zero attached hydrogens (tertiary/aromatic N) is 4. The molecule has 2 aromatic carbocycles. The van der Waals surface area contributed by atoms with E-state index in [0.29, 0.717) is 0 Å². The van der Waals surface area contributed by atoms with Crippen LogP contribution in [0.15, 0.2) is 42.5 Å². The zero-order valence-corrected chi connectivity index (χ0v) is 14.7. The summed E-state index contributed by atoms with van der Waals surface area (Å²) in [6.45, 7) is 3.98. The van der Waals surface area contributed by atoms with Crippen LogP contribution in [0.3, 0.4) is 0 Å². The second-order valence-electron chi connectivity index (χ2n) is 6.74. The van der Waals surface area contributed by atoms with Gasteiger partial charge in [-0.25, -0.2) is 9.97 Å². The van der Waals surface area contributed by atoms with Gasteiger partial charge in [-0.15, -0.1) is 0 Å². The van der Waals surface area contributed by atoms with E-state index < -0.39 is 0 Å². The summed E-state index contributed by atoms with van der Waals surface area (Å²) < 4.78 is 0. The Morgan fingerprint density at radius 2 is 1.73 bits per heavy atom. The van der Waals surface area contributed by atoms with E-state index in [-0.39, 0.29) is 10.6 Å². The lowest BCUT2D eigenvalue weighted by atomic mass is 10.0. The van der Waals surface area contributed by atoms with Crippen molar-refractivity contribution in [2.24, 2.45) is 0 Å². The van der Waals surface area contributed by atoms with Gasteiger partial charge in [0.25, 0.3) is 5.69 Å². The van der Waals surface area contributed by atoms with Gasteiger partial charge in [-0.2, -0.15) is 0 Å². The van der Waals surface area contributed by atoms with Gasteiger partial charge in [-0.1, -0.05) is 11.6 Å². The Kier molecular flexibility index (Phi) is 4.24. The van der Waals surface area contributed by atoms with Gasteiger partial charge in [0.05, 0.1) is 16.1 Å². The van der Waals surface area contributed by atoms with E-state index in [0.717, 1.165) is 59.6 Å². The number of nitro groups is 1. The molecule has 1 aliphatic heterocycles. The molecule has 1 saturated heterocycles. The molecule has 0 atom stereocenters. The Labute approximate surface area is 151 Å². The number of hydrogen-bond acceptors (Lipinski definition) is 5. The molecule has 0 aliphatic carbocycles. The van der Waals surface area contributed by atoms with E-state index in [1.165, 1.54) is 18.6 Å². The molecule has 2 heterocycles. The van der Waals surface area contributed by atoms with Crippen molar-refractivity contribution in [2.75, 3.05) is 18.0 Å². The fourth-order valence-electron chi connectivity index (χ4n) is 3.43. The standard InChI is InChI=1S/C20H20N4O2/c1-14-5-10-18-17(13-14)19(15-6-8-16(9-7-15)24(25)26)22-20(21-18)23-11-3-2-4-12-23/h5-10,13H,2-4,11-12H2,1H3. The number of non-ortho nitro benzene ring substituents is 1. The van der Waals surface area contributed by atoms with Crippen LogP contribution in [0, 0.1) is 17.0 Å². The first kappa shape index (κ1) is 16.4. The molecule has 26 heavy (non-hydrogen) atoms. The lowest BCUT2D eigenvalue weighted by molar-refractivity contribution is -0.384. The summed E-state index contributed by atoms with van der Waals surface area (Å²) >= 11 is 0. The van der Waals surface area contributed by atoms with E-state index in [1.807, 2.05) is 13.0 Å². The second kappa shape index (κ2) is 6.71. The predicted octanol–water partition coefficient (Wildman–Crippen LogP) is 4.50. The molecule has 1 fully saturated rings. The van der Waals surface area contributed by atoms with Crippen molar-refractivity contribution in [3.63, 3.8) is 0 Å².